The van der Waals surface area contributed by atoms with Crippen molar-refractivity contribution in [2.45, 2.75) is 0 Å². The van der Waals surface area contributed by atoms with Crippen molar-refractivity contribution in [2.75, 3.05) is 43.1 Å². The molecule has 0 unspecified atom stereocenters. The highest BCUT2D eigenvalue weighted by Crippen LogP contribution is 2.30. The molecule has 2 aromatic rings. The highest BCUT2D eigenvalue weighted by Gasteiger charge is 2.24. The number of morpholine rings is 1. The second kappa shape index (κ2) is 10.0. The summed E-state index contributed by atoms with van der Waals surface area (Å²) < 4.78 is 10.2. The molecule has 3 rings (SSSR count). The molecule has 0 aromatic heterocycles. The summed E-state index contributed by atoms with van der Waals surface area (Å²) in [6.45, 7) is 1.15. The number of nitrogens with one attached hydrogen (secondary N) is 1. The van der Waals surface area contributed by atoms with Crippen LogP contribution in [-0.2, 0) is 14.3 Å². The molecule has 1 amide bonds. The zero-order chi connectivity index (χ0) is 23.3. The SMILES string of the molecule is O=C(COC(=O)c1ccc(N2CCOCC2)c([N+](=O)[O-])c1)Nc1ccc([N+](=O)[O-])cc1Cl. The Morgan fingerprint density at radius 3 is 2.44 bits per heavy atom. The Morgan fingerprint density at radius 2 is 1.81 bits per heavy atom. The molecular formula is C19H17ClN4O8. The van der Waals surface area contributed by atoms with E-state index >= 15 is 0 Å². The van der Waals surface area contributed by atoms with E-state index in [9.17, 15) is 29.8 Å². The van der Waals surface area contributed by atoms with Crippen molar-refractivity contribution in [1.29, 1.82) is 0 Å². The first kappa shape index (κ1) is 22.9. The predicted molar refractivity (Wildman–Crippen MR) is 113 cm³/mol. The van der Waals surface area contributed by atoms with Crippen LogP contribution in [0.3, 0.4) is 0 Å². The Morgan fingerprint density at radius 1 is 1.09 bits per heavy atom. The number of carbonyl (C=O) groups excluding carboxylic acids is 2. The highest BCUT2D eigenvalue weighted by atomic mass is 35.5. The summed E-state index contributed by atoms with van der Waals surface area (Å²) >= 11 is 5.90. The van der Waals surface area contributed by atoms with Crippen LogP contribution >= 0.6 is 11.6 Å². The van der Waals surface area contributed by atoms with E-state index in [0.29, 0.717) is 32.0 Å². The van der Waals surface area contributed by atoms with Gasteiger partial charge in [0.1, 0.15) is 5.69 Å². The van der Waals surface area contributed by atoms with E-state index < -0.39 is 28.3 Å². The molecule has 0 bridgehead atoms. The van der Waals surface area contributed by atoms with E-state index in [1.165, 1.54) is 18.2 Å². The summed E-state index contributed by atoms with van der Waals surface area (Å²) in [5.74, 6) is -1.67. The first-order valence-corrected chi connectivity index (χ1v) is 9.66. The number of non-ortho nitro benzene ring substituents is 1. The lowest BCUT2D eigenvalue weighted by molar-refractivity contribution is -0.384. The van der Waals surface area contributed by atoms with Crippen LogP contribution in [0.4, 0.5) is 22.7 Å². The fourth-order valence-corrected chi connectivity index (χ4v) is 3.21. The summed E-state index contributed by atoms with van der Waals surface area (Å²) in [4.78, 5) is 47.1. The number of hydrogen-bond acceptors (Lipinski definition) is 9. The number of anilines is 2. The van der Waals surface area contributed by atoms with Gasteiger partial charge in [0.05, 0.1) is 39.3 Å². The molecule has 168 valence electrons. The second-order valence-corrected chi connectivity index (χ2v) is 7.01. The number of benzene rings is 2. The molecule has 0 aliphatic carbocycles. The molecule has 0 radical (unpaired) electrons. The van der Waals surface area contributed by atoms with E-state index in [1.807, 2.05) is 0 Å². The first-order chi connectivity index (χ1) is 15.3. The van der Waals surface area contributed by atoms with Crippen molar-refractivity contribution in [3.8, 4) is 0 Å². The smallest absolute Gasteiger partial charge is 0.338 e. The third kappa shape index (κ3) is 5.47. The van der Waals surface area contributed by atoms with Gasteiger partial charge in [0.15, 0.2) is 6.61 Å². The standard InChI is InChI=1S/C19H17ClN4O8/c20-14-10-13(23(27)28)2-3-15(14)21-18(25)11-32-19(26)12-1-4-16(17(9-12)24(29)30)22-5-7-31-8-6-22/h1-4,9-10H,5-8,11H2,(H,21,25). The molecule has 0 atom stereocenters. The van der Waals surface area contributed by atoms with E-state index in [-0.39, 0.29) is 27.6 Å². The van der Waals surface area contributed by atoms with Crippen LogP contribution in [0.2, 0.25) is 5.02 Å². The number of halogens is 1. The van der Waals surface area contributed by atoms with Gasteiger partial charge in [-0.15, -0.1) is 0 Å². The van der Waals surface area contributed by atoms with Crippen molar-refractivity contribution in [3.05, 3.63) is 67.2 Å². The van der Waals surface area contributed by atoms with Crippen LogP contribution in [0.15, 0.2) is 36.4 Å². The number of esters is 1. The molecule has 1 fully saturated rings. The maximum atomic E-state index is 12.3. The number of nitro groups is 2. The maximum Gasteiger partial charge on any atom is 0.338 e. The molecule has 1 saturated heterocycles. The third-order valence-electron chi connectivity index (χ3n) is 4.53. The Labute approximate surface area is 186 Å². The fourth-order valence-electron chi connectivity index (χ4n) is 2.99. The van der Waals surface area contributed by atoms with Gasteiger partial charge in [-0.05, 0) is 18.2 Å². The second-order valence-electron chi connectivity index (χ2n) is 6.61. The zero-order valence-electron chi connectivity index (χ0n) is 16.5. The Hall–Kier alpha value is -3.77. The molecule has 1 heterocycles. The molecule has 1 aliphatic rings. The quantitative estimate of drug-likeness (QED) is 0.370. The molecule has 1 N–H and O–H groups in total. The van der Waals surface area contributed by atoms with Crippen molar-refractivity contribution < 1.29 is 28.9 Å². The normalized spacial score (nSPS) is 13.3. The van der Waals surface area contributed by atoms with Gasteiger partial charge in [-0.3, -0.25) is 25.0 Å². The van der Waals surface area contributed by atoms with Gasteiger partial charge in [0, 0.05) is 31.3 Å². The minimum absolute atomic E-state index is 0.0618. The Kier molecular flexibility index (Phi) is 7.18. The summed E-state index contributed by atoms with van der Waals surface area (Å²) in [5.41, 5.74) is -0.135. The van der Waals surface area contributed by atoms with E-state index in [2.05, 4.69) is 5.32 Å². The van der Waals surface area contributed by atoms with Gasteiger partial charge in [-0.1, -0.05) is 11.6 Å². The molecule has 12 nitrogen and oxygen atoms in total. The maximum absolute atomic E-state index is 12.3. The van der Waals surface area contributed by atoms with Crippen LogP contribution in [0.1, 0.15) is 10.4 Å². The number of nitrogens with zero attached hydrogens (tertiary/aromatic N) is 3. The number of amides is 1. The summed E-state index contributed by atoms with van der Waals surface area (Å²) in [6, 6.07) is 7.40. The number of hydrogen-bond donors (Lipinski definition) is 1. The number of nitro benzene ring substituents is 2. The Bertz CT molecular complexity index is 1070. The lowest BCUT2D eigenvalue weighted by Gasteiger charge is -2.28. The van der Waals surface area contributed by atoms with Crippen molar-refractivity contribution in [2.24, 2.45) is 0 Å². The fraction of sp³-hybridized carbons (Fsp3) is 0.263. The van der Waals surface area contributed by atoms with Crippen LogP contribution in [0.5, 0.6) is 0 Å². The van der Waals surface area contributed by atoms with Gasteiger partial charge >= 0.3 is 5.97 Å². The molecular weight excluding hydrogens is 448 g/mol. The van der Waals surface area contributed by atoms with Crippen LogP contribution < -0.4 is 10.2 Å². The highest BCUT2D eigenvalue weighted by molar-refractivity contribution is 6.34. The summed E-state index contributed by atoms with van der Waals surface area (Å²) in [7, 11) is 0. The Balaban J connectivity index is 1.64. The van der Waals surface area contributed by atoms with Crippen molar-refractivity contribution >= 4 is 46.2 Å². The first-order valence-electron chi connectivity index (χ1n) is 9.28. The molecule has 13 heteroatoms. The molecule has 32 heavy (non-hydrogen) atoms. The third-order valence-corrected chi connectivity index (χ3v) is 4.84. The predicted octanol–water partition coefficient (Wildman–Crippen LogP) is 2.79. The van der Waals surface area contributed by atoms with Crippen LogP contribution in [-0.4, -0.2) is 54.6 Å². The monoisotopic (exact) mass is 464 g/mol. The van der Waals surface area contributed by atoms with Gasteiger partial charge in [-0.2, -0.15) is 0 Å². The molecule has 0 spiro atoms. The van der Waals surface area contributed by atoms with E-state index in [1.54, 1.807) is 4.90 Å². The van der Waals surface area contributed by atoms with Crippen LogP contribution in [0, 0.1) is 20.2 Å². The zero-order valence-corrected chi connectivity index (χ0v) is 17.2. The summed E-state index contributed by atoms with van der Waals surface area (Å²) in [6.07, 6.45) is 0. The molecule has 0 saturated carbocycles. The number of rotatable bonds is 7. The van der Waals surface area contributed by atoms with E-state index in [4.69, 9.17) is 21.1 Å². The number of carbonyl (C=O) groups is 2. The van der Waals surface area contributed by atoms with Gasteiger partial charge in [0.25, 0.3) is 17.3 Å². The van der Waals surface area contributed by atoms with Crippen molar-refractivity contribution in [1.82, 2.24) is 0 Å². The van der Waals surface area contributed by atoms with Gasteiger partial charge in [-0.25, -0.2) is 4.79 Å². The summed E-state index contributed by atoms with van der Waals surface area (Å²) in [5, 5.41) is 24.5. The lowest BCUT2D eigenvalue weighted by atomic mass is 10.1. The minimum Gasteiger partial charge on any atom is -0.452 e. The number of ether oxygens (including phenoxy) is 2. The topological polar surface area (TPSA) is 154 Å². The van der Waals surface area contributed by atoms with Crippen LogP contribution in [0.25, 0.3) is 0 Å². The lowest BCUT2D eigenvalue weighted by Crippen LogP contribution is -2.36. The minimum atomic E-state index is -0.924. The average molecular weight is 465 g/mol. The largest absolute Gasteiger partial charge is 0.452 e. The van der Waals surface area contributed by atoms with Gasteiger partial charge < -0.3 is 19.7 Å². The van der Waals surface area contributed by atoms with E-state index in [0.717, 1.165) is 18.2 Å². The molecule has 2 aromatic carbocycles. The average Bonchev–Trinajstić information content (AvgIpc) is 2.78. The van der Waals surface area contributed by atoms with Gasteiger partial charge in [0.2, 0.25) is 0 Å². The van der Waals surface area contributed by atoms with Crippen molar-refractivity contribution in [3.63, 3.8) is 0 Å². The molecule has 1 aliphatic heterocycles.